The van der Waals surface area contributed by atoms with Crippen LogP contribution in [0.5, 0.6) is 5.75 Å². The van der Waals surface area contributed by atoms with Crippen LogP contribution in [0.15, 0.2) is 23.8 Å². The summed E-state index contributed by atoms with van der Waals surface area (Å²) in [6.07, 6.45) is 0. The molecule has 0 bridgehead atoms. The average Bonchev–Trinajstić information content (AvgIpc) is 2.53. The monoisotopic (exact) mass is 280 g/mol. The average molecular weight is 280 g/mol. The number of hydrogen-bond donors (Lipinski definition) is 0. The highest BCUT2D eigenvalue weighted by Gasteiger charge is 2.15. The summed E-state index contributed by atoms with van der Waals surface area (Å²) in [7, 11) is 1.50. The molecule has 0 aromatic heterocycles. The lowest BCUT2D eigenvalue weighted by Gasteiger charge is -2.22. The lowest BCUT2D eigenvalue weighted by molar-refractivity contribution is 0.413. The summed E-state index contributed by atoms with van der Waals surface area (Å²) in [6.45, 7) is 5.80. The van der Waals surface area contributed by atoms with Gasteiger partial charge < -0.3 is 9.64 Å². The molecule has 5 nitrogen and oxygen atoms in total. The fourth-order valence-corrected chi connectivity index (χ4v) is 2.06. The summed E-state index contributed by atoms with van der Waals surface area (Å²) in [5, 5.41) is 27.1. The van der Waals surface area contributed by atoms with E-state index < -0.39 is 0 Å². The molecule has 0 aliphatic carbocycles. The van der Waals surface area contributed by atoms with Crippen molar-refractivity contribution in [3.05, 3.63) is 29.3 Å². The van der Waals surface area contributed by atoms with Crippen molar-refractivity contribution < 1.29 is 4.74 Å². The van der Waals surface area contributed by atoms with Gasteiger partial charge in [-0.05, 0) is 26.0 Å². The first kappa shape index (κ1) is 16.1. The van der Waals surface area contributed by atoms with E-state index in [2.05, 4.69) is 4.90 Å². The Labute approximate surface area is 124 Å². The van der Waals surface area contributed by atoms with Gasteiger partial charge in [-0.2, -0.15) is 15.8 Å². The molecule has 0 amide bonds. The molecule has 0 fully saturated rings. The first-order valence-electron chi connectivity index (χ1n) is 6.54. The Bertz CT molecular complexity index is 651. The number of nitrogens with zero attached hydrogens (tertiary/aromatic N) is 4. The minimum Gasteiger partial charge on any atom is -0.496 e. The van der Waals surface area contributed by atoms with E-state index >= 15 is 0 Å². The van der Waals surface area contributed by atoms with Crippen LogP contribution in [-0.4, -0.2) is 20.2 Å². The van der Waals surface area contributed by atoms with E-state index in [4.69, 9.17) is 15.3 Å². The van der Waals surface area contributed by atoms with Gasteiger partial charge in [0.25, 0.3) is 0 Å². The van der Waals surface area contributed by atoms with Crippen molar-refractivity contribution in [1.29, 1.82) is 15.8 Å². The number of ether oxygens (including phenoxy) is 1. The van der Waals surface area contributed by atoms with Crippen molar-refractivity contribution in [1.82, 2.24) is 0 Å². The van der Waals surface area contributed by atoms with Crippen LogP contribution in [0.2, 0.25) is 0 Å². The summed E-state index contributed by atoms with van der Waals surface area (Å²) in [5.41, 5.74) is 1.23. The van der Waals surface area contributed by atoms with E-state index in [1.54, 1.807) is 18.2 Å². The van der Waals surface area contributed by atoms with E-state index in [9.17, 15) is 5.26 Å². The maximum Gasteiger partial charge on any atom is 0.148 e. The molecule has 0 unspecified atom stereocenters. The van der Waals surface area contributed by atoms with Gasteiger partial charge in [0.2, 0.25) is 0 Å². The summed E-state index contributed by atoms with van der Waals surface area (Å²) in [4.78, 5) is 2.14. The molecule has 0 saturated heterocycles. The van der Waals surface area contributed by atoms with E-state index in [1.807, 2.05) is 32.0 Å². The van der Waals surface area contributed by atoms with Gasteiger partial charge in [0.1, 0.15) is 29.5 Å². The van der Waals surface area contributed by atoms with Gasteiger partial charge in [-0.25, -0.2) is 0 Å². The summed E-state index contributed by atoms with van der Waals surface area (Å²) in [6, 6.07) is 10.8. The molecule has 106 valence electrons. The largest absolute Gasteiger partial charge is 0.496 e. The van der Waals surface area contributed by atoms with E-state index in [1.165, 1.54) is 7.11 Å². The van der Waals surface area contributed by atoms with Crippen molar-refractivity contribution in [3.63, 3.8) is 0 Å². The molecule has 1 rings (SSSR count). The maximum atomic E-state index is 9.23. The Hall–Kier alpha value is -2.97. The van der Waals surface area contributed by atoms with Crippen LogP contribution in [0.1, 0.15) is 19.4 Å². The first-order chi connectivity index (χ1) is 10.2. The molecule has 0 radical (unpaired) electrons. The number of nitriles is 3. The fourth-order valence-electron chi connectivity index (χ4n) is 2.06. The van der Waals surface area contributed by atoms with Crippen LogP contribution >= 0.6 is 0 Å². The minimum atomic E-state index is -0.216. The molecule has 0 spiro atoms. The highest BCUT2D eigenvalue weighted by atomic mass is 16.5. The zero-order valence-electron chi connectivity index (χ0n) is 12.3. The second kappa shape index (κ2) is 7.58. The van der Waals surface area contributed by atoms with Crippen LogP contribution < -0.4 is 9.64 Å². The van der Waals surface area contributed by atoms with Gasteiger partial charge in [-0.3, -0.25) is 0 Å². The molecule has 0 aliphatic rings. The van der Waals surface area contributed by atoms with Crippen molar-refractivity contribution in [2.75, 3.05) is 25.1 Å². The topological polar surface area (TPSA) is 83.8 Å². The zero-order valence-corrected chi connectivity index (χ0v) is 12.3. The molecule has 0 aliphatic heterocycles. The molecule has 0 atom stereocenters. The Morgan fingerprint density at radius 1 is 1.10 bits per heavy atom. The highest BCUT2D eigenvalue weighted by Crippen LogP contribution is 2.31. The van der Waals surface area contributed by atoms with Crippen molar-refractivity contribution in [2.24, 2.45) is 0 Å². The number of anilines is 1. The molecule has 0 saturated carbocycles. The van der Waals surface area contributed by atoms with Crippen LogP contribution in [0.4, 0.5) is 5.69 Å². The van der Waals surface area contributed by atoms with Gasteiger partial charge in [0, 0.05) is 30.4 Å². The zero-order chi connectivity index (χ0) is 15.8. The van der Waals surface area contributed by atoms with Crippen molar-refractivity contribution in [3.8, 4) is 24.0 Å². The fraction of sp³-hybridized carbons (Fsp3) is 0.312. The quantitative estimate of drug-likeness (QED) is 0.774. The predicted octanol–water partition coefficient (Wildman–Crippen LogP) is 2.87. The summed E-state index contributed by atoms with van der Waals surface area (Å²) in [5.74, 6) is 0.471. The Kier molecular flexibility index (Phi) is 5.80. The molecule has 5 heteroatoms. The third kappa shape index (κ3) is 3.32. The lowest BCUT2D eigenvalue weighted by Crippen LogP contribution is -2.21. The number of benzene rings is 1. The minimum absolute atomic E-state index is 0.0305. The van der Waals surface area contributed by atoms with Gasteiger partial charge >= 0.3 is 0 Å². The summed E-state index contributed by atoms with van der Waals surface area (Å²) < 4.78 is 5.32. The van der Waals surface area contributed by atoms with E-state index in [-0.39, 0.29) is 11.1 Å². The molecule has 1 aromatic rings. The SMILES string of the molecule is CCN(CC)c1ccc(C(C#N)=C(C#N)C#N)c(OC)c1. The third-order valence-electron chi connectivity index (χ3n) is 3.17. The van der Waals surface area contributed by atoms with E-state index in [0.29, 0.717) is 11.3 Å². The van der Waals surface area contributed by atoms with Crippen molar-refractivity contribution in [2.45, 2.75) is 13.8 Å². The van der Waals surface area contributed by atoms with Crippen LogP contribution in [0, 0.1) is 34.0 Å². The van der Waals surface area contributed by atoms with Gasteiger partial charge in [-0.1, -0.05) is 0 Å². The van der Waals surface area contributed by atoms with Gasteiger partial charge in [0.15, 0.2) is 0 Å². The molecular formula is C16H16N4O. The summed E-state index contributed by atoms with van der Waals surface area (Å²) >= 11 is 0. The molecule has 0 N–H and O–H groups in total. The number of methoxy groups -OCH3 is 1. The smallest absolute Gasteiger partial charge is 0.148 e. The lowest BCUT2D eigenvalue weighted by atomic mass is 10.0. The number of allylic oxidation sites excluding steroid dienone is 2. The van der Waals surface area contributed by atoms with Crippen molar-refractivity contribution >= 4 is 11.3 Å². The molecule has 1 aromatic carbocycles. The molecular weight excluding hydrogens is 264 g/mol. The molecule has 0 heterocycles. The number of rotatable bonds is 5. The highest BCUT2D eigenvalue weighted by molar-refractivity contribution is 5.87. The number of hydrogen-bond acceptors (Lipinski definition) is 5. The van der Waals surface area contributed by atoms with E-state index in [0.717, 1.165) is 18.8 Å². The Balaban J connectivity index is 3.48. The second-order valence-electron chi connectivity index (χ2n) is 4.14. The van der Waals surface area contributed by atoms with Gasteiger partial charge in [0.05, 0.1) is 12.7 Å². The van der Waals surface area contributed by atoms with Crippen LogP contribution in [0.3, 0.4) is 0 Å². The first-order valence-corrected chi connectivity index (χ1v) is 6.54. The predicted molar refractivity (Wildman–Crippen MR) is 80.3 cm³/mol. The maximum absolute atomic E-state index is 9.23. The second-order valence-corrected chi connectivity index (χ2v) is 4.14. The normalized spacial score (nSPS) is 8.95. The van der Waals surface area contributed by atoms with Crippen LogP contribution in [-0.2, 0) is 0 Å². The Morgan fingerprint density at radius 3 is 2.14 bits per heavy atom. The van der Waals surface area contributed by atoms with Crippen LogP contribution in [0.25, 0.3) is 5.57 Å². The standard InChI is InChI=1S/C16H16N4O/c1-4-20(5-2)13-6-7-14(16(8-13)21-3)15(11-19)12(9-17)10-18/h6-8H,4-5H2,1-3H3. The third-order valence-corrected chi connectivity index (χ3v) is 3.17. The Morgan fingerprint density at radius 2 is 1.71 bits per heavy atom. The molecule has 21 heavy (non-hydrogen) atoms. The van der Waals surface area contributed by atoms with Gasteiger partial charge in [-0.15, -0.1) is 0 Å².